The summed E-state index contributed by atoms with van der Waals surface area (Å²) in [5.41, 5.74) is 2.91. The van der Waals surface area contributed by atoms with E-state index < -0.39 is 0 Å². The molecular weight excluding hydrogens is 258 g/mol. The highest BCUT2D eigenvalue weighted by Gasteiger charge is 2.35. The van der Waals surface area contributed by atoms with E-state index in [1.807, 2.05) is 0 Å². The van der Waals surface area contributed by atoms with Crippen molar-refractivity contribution in [3.63, 3.8) is 0 Å². The Balaban J connectivity index is 1.87. The first-order valence-electron chi connectivity index (χ1n) is 8.47. The summed E-state index contributed by atoms with van der Waals surface area (Å²) in [6, 6.07) is 11.0. The van der Waals surface area contributed by atoms with Crippen LogP contribution in [-0.4, -0.2) is 44.2 Å². The van der Waals surface area contributed by atoms with Gasteiger partial charge >= 0.3 is 0 Å². The normalized spacial score (nSPS) is 27.7. The van der Waals surface area contributed by atoms with Gasteiger partial charge in [0.25, 0.3) is 0 Å². The van der Waals surface area contributed by atoms with Crippen LogP contribution in [0.25, 0.3) is 0 Å². The maximum atomic E-state index is 3.47. The third-order valence-corrected chi connectivity index (χ3v) is 5.56. The summed E-state index contributed by atoms with van der Waals surface area (Å²) in [5, 5.41) is 3.47. The van der Waals surface area contributed by atoms with Gasteiger partial charge in [0, 0.05) is 36.9 Å². The number of rotatable bonds is 4. The smallest absolute Gasteiger partial charge is 0.0415 e. The molecule has 0 saturated carbocycles. The van der Waals surface area contributed by atoms with Crippen LogP contribution in [0.15, 0.2) is 24.3 Å². The average Bonchev–Trinajstić information content (AvgIpc) is 2.74. The fourth-order valence-corrected chi connectivity index (χ4v) is 4.18. The quantitative estimate of drug-likeness (QED) is 0.918. The first-order chi connectivity index (χ1) is 10.2. The number of hydrogen-bond acceptors (Lipinski definition) is 3. The van der Waals surface area contributed by atoms with Gasteiger partial charge in [0.1, 0.15) is 0 Å². The van der Waals surface area contributed by atoms with Crippen molar-refractivity contribution >= 4 is 5.69 Å². The maximum Gasteiger partial charge on any atom is 0.0415 e. The molecule has 1 aromatic carbocycles. The summed E-state index contributed by atoms with van der Waals surface area (Å²) in [6.07, 6.45) is 5.19. The van der Waals surface area contributed by atoms with E-state index in [-0.39, 0.29) is 0 Å². The molecule has 0 aliphatic carbocycles. The molecule has 0 amide bonds. The van der Waals surface area contributed by atoms with Crippen molar-refractivity contribution in [2.75, 3.05) is 32.1 Å². The van der Waals surface area contributed by atoms with E-state index in [1.54, 1.807) is 0 Å². The summed E-state index contributed by atoms with van der Waals surface area (Å²) in [5.74, 6) is 0. The van der Waals surface area contributed by atoms with Gasteiger partial charge in [-0.05, 0) is 51.4 Å². The third kappa shape index (κ3) is 2.82. The molecule has 2 saturated heterocycles. The summed E-state index contributed by atoms with van der Waals surface area (Å²) in [6.45, 7) is 4.64. The molecule has 1 N–H and O–H groups in total. The summed E-state index contributed by atoms with van der Waals surface area (Å²) < 4.78 is 0. The lowest BCUT2D eigenvalue weighted by molar-refractivity contribution is 0.254. The molecule has 2 aliphatic heterocycles. The van der Waals surface area contributed by atoms with Crippen molar-refractivity contribution in [3.05, 3.63) is 29.8 Å². The number of anilines is 1. The number of hydrogen-bond donors (Lipinski definition) is 1. The highest BCUT2D eigenvalue weighted by molar-refractivity contribution is 5.55. The fraction of sp³-hybridized carbons (Fsp3) is 0.667. The van der Waals surface area contributed by atoms with Crippen molar-refractivity contribution in [2.45, 2.75) is 50.7 Å². The van der Waals surface area contributed by atoms with Crippen LogP contribution < -0.4 is 10.2 Å². The molecule has 0 radical (unpaired) electrons. The number of fused-ring (bicyclic) bond motifs is 2. The number of benzene rings is 1. The second kappa shape index (κ2) is 6.37. The van der Waals surface area contributed by atoms with Gasteiger partial charge in [-0.1, -0.05) is 25.1 Å². The Hall–Kier alpha value is -1.06. The molecule has 2 heterocycles. The van der Waals surface area contributed by atoms with E-state index in [0.717, 1.165) is 18.5 Å². The Morgan fingerprint density at radius 3 is 2.71 bits per heavy atom. The molecule has 1 aromatic rings. The summed E-state index contributed by atoms with van der Waals surface area (Å²) >= 11 is 0. The zero-order chi connectivity index (χ0) is 14.8. The Labute approximate surface area is 129 Å². The van der Waals surface area contributed by atoms with Crippen LogP contribution in [-0.2, 0) is 0 Å². The maximum absolute atomic E-state index is 3.47. The zero-order valence-electron chi connectivity index (χ0n) is 13.7. The minimum atomic E-state index is 0.458. The predicted octanol–water partition coefficient (Wildman–Crippen LogP) is 3.03. The Morgan fingerprint density at radius 1 is 1.19 bits per heavy atom. The lowest BCUT2D eigenvalue weighted by Gasteiger charge is -2.31. The van der Waals surface area contributed by atoms with Gasteiger partial charge in [0.15, 0.2) is 0 Å². The molecule has 0 spiro atoms. The van der Waals surface area contributed by atoms with Crippen LogP contribution in [0, 0.1) is 0 Å². The fourth-order valence-electron chi connectivity index (χ4n) is 4.18. The van der Waals surface area contributed by atoms with Crippen molar-refractivity contribution in [3.8, 4) is 0 Å². The van der Waals surface area contributed by atoms with Gasteiger partial charge in [0.05, 0.1) is 0 Å². The molecule has 21 heavy (non-hydrogen) atoms. The minimum absolute atomic E-state index is 0.458. The summed E-state index contributed by atoms with van der Waals surface area (Å²) in [7, 11) is 4.39. The van der Waals surface area contributed by atoms with Crippen LogP contribution in [0.5, 0.6) is 0 Å². The van der Waals surface area contributed by atoms with Crippen molar-refractivity contribution in [2.24, 2.45) is 0 Å². The largest absolute Gasteiger partial charge is 0.370 e. The monoisotopic (exact) mass is 287 g/mol. The van der Waals surface area contributed by atoms with Gasteiger partial charge in [-0.25, -0.2) is 0 Å². The van der Waals surface area contributed by atoms with Gasteiger partial charge in [-0.3, -0.25) is 4.90 Å². The second-order valence-corrected chi connectivity index (χ2v) is 6.59. The molecular formula is C18H29N3. The number of likely N-dealkylation sites (N-methyl/N-ethyl adjacent to an activating group) is 1. The van der Waals surface area contributed by atoms with E-state index in [2.05, 4.69) is 60.4 Å². The molecule has 3 rings (SSSR count). The molecule has 2 bridgehead atoms. The standard InChI is InChI=1S/C18H29N3/c1-4-17(19-2)16-7-5-6-8-18(16)21-12-11-14-9-10-15(13-21)20(14)3/h5-8,14-15,17,19H,4,9-13H2,1-3H3. The average molecular weight is 287 g/mol. The SMILES string of the molecule is CCC(NC)c1ccccc1N1CCC2CCC(C1)N2C. The zero-order valence-corrected chi connectivity index (χ0v) is 13.7. The number of para-hydroxylation sites is 1. The molecule has 3 unspecified atom stereocenters. The molecule has 0 aromatic heterocycles. The van der Waals surface area contributed by atoms with Crippen LogP contribution >= 0.6 is 0 Å². The predicted molar refractivity (Wildman–Crippen MR) is 89.9 cm³/mol. The topological polar surface area (TPSA) is 18.5 Å². The van der Waals surface area contributed by atoms with Crippen LogP contribution in [0.4, 0.5) is 5.69 Å². The second-order valence-electron chi connectivity index (χ2n) is 6.59. The van der Waals surface area contributed by atoms with Gasteiger partial charge in [-0.15, -0.1) is 0 Å². The first-order valence-corrected chi connectivity index (χ1v) is 8.47. The number of nitrogens with one attached hydrogen (secondary N) is 1. The lowest BCUT2D eigenvalue weighted by Crippen LogP contribution is -2.37. The van der Waals surface area contributed by atoms with Crippen molar-refractivity contribution < 1.29 is 0 Å². The Kier molecular flexibility index (Phi) is 4.51. The molecule has 2 fully saturated rings. The van der Waals surface area contributed by atoms with Crippen molar-refractivity contribution in [1.29, 1.82) is 0 Å². The lowest BCUT2D eigenvalue weighted by atomic mass is 10.00. The van der Waals surface area contributed by atoms with E-state index in [1.165, 1.54) is 43.6 Å². The number of nitrogens with zero attached hydrogens (tertiary/aromatic N) is 2. The van der Waals surface area contributed by atoms with E-state index in [9.17, 15) is 0 Å². The van der Waals surface area contributed by atoms with Crippen LogP contribution in [0.3, 0.4) is 0 Å². The minimum Gasteiger partial charge on any atom is -0.370 e. The highest BCUT2D eigenvalue weighted by atomic mass is 15.3. The van der Waals surface area contributed by atoms with Gasteiger partial charge in [0.2, 0.25) is 0 Å². The van der Waals surface area contributed by atoms with Crippen LogP contribution in [0.1, 0.15) is 44.2 Å². The Morgan fingerprint density at radius 2 is 1.95 bits per heavy atom. The Bertz CT molecular complexity index is 469. The van der Waals surface area contributed by atoms with E-state index in [4.69, 9.17) is 0 Å². The highest BCUT2D eigenvalue weighted by Crippen LogP contribution is 2.34. The molecule has 2 aliphatic rings. The first kappa shape index (κ1) is 14.9. The molecule has 3 nitrogen and oxygen atoms in total. The third-order valence-electron chi connectivity index (χ3n) is 5.56. The summed E-state index contributed by atoms with van der Waals surface area (Å²) in [4.78, 5) is 5.26. The van der Waals surface area contributed by atoms with Gasteiger partial charge in [-0.2, -0.15) is 0 Å². The molecule has 3 atom stereocenters. The molecule has 116 valence electrons. The van der Waals surface area contributed by atoms with E-state index >= 15 is 0 Å². The van der Waals surface area contributed by atoms with Crippen molar-refractivity contribution in [1.82, 2.24) is 10.2 Å². The van der Waals surface area contributed by atoms with Gasteiger partial charge < -0.3 is 10.2 Å². The van der Waals surface area contributed by atoms with E-state index in [0.29, 0.717) is 6.04 Å². The molecule has 3 heteroatoms. The van der Waals surface area contributed by atoms with Crippen LogP contribution in [0.2, 0.25) is 0 Å².